The molecule has 0 radical (unpaired) electrons. The second-order valence-corrected chi connectivity index (χ2v) is 3.06. The van der Waals surface area contributed by atoms with Crippen LogP contribution in [0.1, 0.15) is 31.9 Å². The predicted molar refractivity (Wildman–Crippen MR) is 48.0 cm³/mol. The smallest absolute Gasteiger partial charge is 0.130 e. The Hall–Kier alpha value is -1.18. The number of Topliss-reactive ketones (excluding diaryl/α,β-unsaturated/α-hetero) is 1. The van der Waals surface area contributed by atoms with Gasteiger partial charge in [-0.25, -0.2) is 0 Å². The third-order valence-electron chi connectivity index (χ3n) is 1.79. The third-order valence-corrected chi connectivity index (χ3v) is 1.79. The van der Waals surface area contributed by atoms with Gasteiger partial charge in [0.1, 0.15) is 5.78 Å². The van der Waals surface area contributed by atoms with Crippen LogP contribution in [0.4, 0.5) is 0 Å². The van der Waals surface area contributed by atoms with E-state index in [2.05, 4.69) is 4.98 Å². The lowest BCUT2D eigenvalue weighted by atomic mass is 10.0. The monoisotopic (exact) mass is 163 g/mol. The van der Waals surface area contributed by atoms with Crippen molar-refractivity contribution < 1.29 is 4.79 Å². The van der Waals surface area contributed by atoms with E-state index >= 15 is 0 Å². The first-order valence-electron chi connectivity index (χ1n) is 4.10. The fraction of sp³-hybridized carbons (Fsp3) is 0.400. The Balaban J connectivity index is 2.65. The molecule has 1 atom stereocenters. The number of aromatic nitrogens is 1. The molecule has 1 rings (SSSR count). The van der Waals surface area contributed by atoms with Crippen LogP contribution < -0.4 is 0 Å². The van der Waals surface area contributed by atoms with E-state index < -0.39 is 0 Å². The Bertz CT molecular complexity index is 256. The van der Waals surface area contributed by atoms with E-state index in [4.69, 9.17) is 0 Å². The Labute approximate surface area is 72.6 Å². The van der Waals surface area contributed by atoms with Crippen molar-refractivity contribution in [2.45, 2.75) is 26.2 Å². The van der Waals surface area contributed by atoms with Crippen molar-refractivity contribution in [3.8, 4) is 0 Å². The van der Waals surface area contributed by atoms with E-state index in [0.29, 0.717) is 6.42 Å². The van der Waals surface area contributed by atoms with Crippen molar-refractivity contribution in [1.82, 2.24) is 4.98 Å². The maximum Gasteiger partial charge on any atom is 0.130 e. The van der Waals surface area contributed by atoms with Gasteiger partial charge in [0.15, 0.2) is 0 Å². The molecule has 64 valence electrons. The van der Waals surface area contributed by atoms with Gasteiger partial charge in [0, 0.05) is 24.2 Å². The molecule has 1 heterocycles. The first-order valence-corrected chi connectivity index (χ1v) is 4.10. The Morgan fingerprint density at radius 2 is 2.33 bits per heavy atom. The lowest BCUT2D eigenvalue weighted by Gasteiger charge is -2.07. The summed E-state index contributed by atoms with van der Waals surface area (Å²) in [5.41, 5.74) is 0.993. The normalized spacial score (nSPS) is 12.5. The summed E-state index contributed by atoms with van der Waals surface area (Å²) in [6.07, 6.45) is 2.34. The minimum atomic E-state index is 0.216. The molecule has 0 aliphatic carbocycles. The van der Waals surface area contributed by atoms with Gasteiger partial charge in [-0.15, -0.1) is 0 Å². The number of carbonyl (C=O) groups excluding carboxylic acids is 1. The number of rotatable bonds is 3. The fourth-order valence-electron chi connectivity index (χ4n) is 1.20. The summed E-state index contributed by atoms with van der Waals surface area (Å²) in [4.78, 5) is 15.0. The zero-order chi connectivity index (χ0) is 8.97. The molecule has 0 fully saturated rings. The second kappa shape index (κ2) is 4.00. The largest absolute Gasteiger partial charge is 0.300 e. The highest BCUT2D eigenvalue weighted by molar-refractivity contribution is 5.76. The maximum atomic E-state index is 10.8. The third kappa shape index (κ3) is 2.46. The summed E-state index contributed by atoms with van der Waals surface area (Å²) in [5, 5.41) is 0. The lowest BCUT2D eigenvalue weighted by Crippen LogP contribution is -2.01. The molecule has 0 amide bonds. The number of hydrogen-bond acceptors (Lipinski definition) is 2. The van der Waals surface area contributed by atoms with Crippen LogP contribution in [0.2, 0.25) is 0 Å². The van der Waals surface area contributed by atoms with Crippen LogP contribution in [-0.4, -0.2) is 10.8 Å². The molecule has 0 saturated carbocycles. The molecule has 0 spiro atoms. The number of pyridine rings is 1. The van der Waals surface area contributed by atoms with Crippen LogP contribution in [0.25, 0.3) is 0 Å². The number of ketones is 1. The van der Waals surface area contributed by atoms with Crippen molar-refractivity contribution in [1.29, 1.82) is 0 Å². The predicted octanol–water partition coefficient (Wildman–Crippen LogP) is 2.16. The summed E-state index contributed by atoms with van der Waals surface area (Å²) in [7, 11) is 0. The average Bonchev–Trinajstić information content (AvgIpc) is 2.05. The molecule has 0 aliphatic heterocycles. The van der Waals surface area contributed by atoms with Crippen LogP contribution in [0.15, 0.2) is 24.4 Å². The van der Waals surface area contributed by atoms with E-state index in [1.807, 2.05) is 25.1 Å². The highest BCUT2D eigenvalue weighted by Gasteiger charge is 2.07. The Morgan fingerprint density at radius 3 is 2.83 bits per heavy atom. The summed E-state index contributed by atoms with van der Waals surface area (Å²) in [5.74, 6) is 0.455. The Kier molecular flexibility index (Phi) is 2.97. The standard InChI is InChI=1S/C10H13NO/c1-8(7-9(2)12)10-5-3-4-6-11-10/h3-6,8H,7H2,1-2H3/t8-/m1/s1. The molecule has 0 bridgehead atoms. The highest BCUT2D eigenvalue weighted by atomic mass is 16.1. The highest BCUT2D eigenvalue weighted by Crippen LogP contribution is 2.15. The summed E-state index contributed by atoms with van der Waals surface area (Å²) in [6.45, 7) is 3.63. The molecular weight excluding hydrogens is 150 g/mol. The van der Waals surface area contributed by atoms with Crippen molar-refractivity contribution in [2.75, 3.05) is 0 Å². The average molecular weight is 163 g/mol. The molecule has 2 heteroatoms. The van der Waals surface area contributed by atoms with Gasteiger partial charge in [-0.2, -0.15) is 0 Å². The van der Waals surface area contributed by atoms with Gasteiger partial charge >= 0.3 is 0 Å². The van der Waals surface area contributed by atoms with Gasteiger partial charge < -0.3 is 4.79 Å². The number of nitrogens with zero attached hydrogens (tertiary/aromatic N) is 1. The van der Waals surface area contributed by atoms with Crippen molar-refractivity contribution in [3.05, 3.63) is 30.1 Å². The molecule has 1 aromatic heterocycles. The van der Waals surface area contributed by atoms with Gasteiger partial charge in [-0.05, 0) is 19.1 Å². The van der Waals surface area contributed by atoms with Gasteiger partial charge in [0.05, 0.1) is 0 Å². The van der Waals surface area contributed by atoms with Gasteiger partial charge in [-0.3, -0.25) is 4.98 Å². The molecule has 0 saturated heterocycles. The zero-order valence-electron chi connectivity index (χ0n) is 7.45. The molecular formula is C10H13NO. The summed E-state index contributed by atoms with van der Waals surface area (Å²) < 4.78 is 0. The summed E-state index contributed by atoms with van der Waals surface area (Å²) >= 11 is 0. The van der Waals surface area contributed by atoms with Crippen LogP contribution in [-0.2, 0) is 4.79 Å². The first kappa shape index (κ1) is 8.91. The van der Waals surface area contributed by atoms with Crippen molar-refractivity contribution in [3.63, 3.8) is 0 Å². The minimum Gasteiger partial charge on any atom is -0.300 e. The van der Waals surface area contributed by atoms with E-state index in [0.717, 1.165) is 5.69 Å². The van der Waals surface area contributed by atoms with Crippen molar-refractivity contribution in [2.24, 2.45) is 0 Å². The lowest BCUT2D eigenvalue weighted by molar-refractivity contribution is -0.117. The van der Waals surface area contributed by atoms with Crippen LogP contribution in [0.3, 0.4) is 0 Å². The topological polar surface area (TPSA) is 30.0 Å². The number of carbonyl (C=O) groups is 1. The van der Waals surface area contributed by atoms with Gasteiger partial charge in [0.2, 0.25) is 0 Å². The Morgan fingerprint density at radius 1 is 1.58 bits per heavy atom. The minimum absolute atomic E-state index is 0.216. The summed E-state index contributed by atoms with van der Waals surface area (Å²) in [6, 6.07) is 5.77. The zero-order valence-corrected chi connectivity index (χ0v) is 7.45. The molecule has 2 nitrogen and oxygen atoms in total. The molecule has 0 N–H and O–H groups in total. The first-order chi connectivity index (χ1) is 5.70. The van der Waals surface area contributed by atoms with E-state index in [1.54, 1.807) is 13.1 Å². The fourth-order valence-corrected chi connectivity index (χ4v) is 1.20. The van der Waals surface area contributed by atoms with Gasteiger partial charge in [0.25, 0.3) is 0 Å². The maximum absolute atomic E-state index is 10.8. The van der Waals surface area contributed by atoms with Crippen LogP contribution in [0, 0.1) is 0 Å². The molecule has 0 aromatic carbocycles. The molecule has 12 heavy (non-hydrogen) atoms. The van der Waals surface area contributed by atoms with Crippen molar-refractivity contribution >= 4 is 5.78 Å². The van der Waals surface area contributed by atoms with Gasteiger partial charge in [-0.1, -0.05) is 13.0 Å². The molecule has 1 aromatic rings. The van der Waals surface area contributed by atoms with Crippen LogP contribution >= 0.6 is 0 Å². The molecule has 0 aliphatic rings. The molecule has 0 unspecified atom stereocenters. The number of hydrogen-bond donors (Lipinski definition) is 0. The van der Waals surface area contributed by atoms with E-state index in [-0.39, 0.29) is 11.7 Å². The van der Waals surface area contributed by atoms with E-state index in [9.17, 15) is 4.79 Å². The van der Waals surface area contributed by atoms with Crippen LogP contribution in [0.5, 0.6) is 0 Å². The second-order valence-electron chi connectivity index (χ2n) is 3.06. The SMILES string of the molecule is CC(=O)C[C@@H](C)c1ccccn1. The quantitative estimate of drug-likeness (QED) is 0.683. The van der Waals surface area contributed by atoms with E-state index in [1.165, 1.54) is 0 Å².